The van der Waals surface area contributed by atoms with Gasteiger partial charge < -0.3 is 21.4 Å². The average Bonchev–Trinajstić information content (AvgIpc) is 3.13. The van der Waals surface area contributed by atoms with E-state index < -0.39 is 0 Å². The van der Waals surface area contributed by atoms with Crippen LogP contribution in [-0.4, -0.2) is 23.1 Å². The highest BCUT2D eigenvalue weighted by Gasteiger charge is 2.19. The Morgan fingerprint density at radius 3 is 1.50 bits per heavy atom. The zero-order valence-corrected chi connectivity index (χ0v) is 17.4. The smallest absolute Gasteiger partial charge is 0.0666 e. The van der Waals surface area contributed by atoms with Gasteiger partial charge >= 0.3 is 0 Å². The van der Waals surface area contributed by atoms with Crippen LogP contribution in [0, 0.1) is 0 Å². The van der Waals surface area contributed by atoms with Crippen LogP contribution in [0.15, 0.2) is 45.3 Å². The van der Waals surface area contributed by atoms with Crippen molar-refractivity contribution in [1.29, 1.82) is 0 Å². The van der Waals surface area contributed by atoms with Gasteiger partial charge in [-0.2, -0.15) is 0 Å². The molecule has 0 aliphatic carbocycles. The fourth-order valence-electron chi connectivity index (χ4n) is 3.69. The number of aromatic nitrogens is 2. The first-order valence-corrected chi connectivity index (χ1v) is 10.2. The quantitative estimate of drug-likeness (QED) is 0.333. The monoisotopic (exact) mass is 474 g/mol. The summed E-state index contributed by atoms with van der Waals surface area (Å²) in [5, 5.41) is 2.43. The second kappa shape index (κ2) is 7.19. The Bertz CT molecular complexity index is 1010. The summed E-state index contributed by atoms with van der Waals surface area (Å²) >= 11 is 7.13. The summed E-state index contributed by atoms with van der Waals surface area (Å²) in [4.78, 5) is 7.22. The van der Waals surface area contributed by atoms with Crippen molar-refractivity contribution < 1.29 is 0 Å². The van der Waals surface area contributed by atoms with Crippen LogP contribution in [0.1, 0.15) is 11.1 Å². The molecule has 2 heterocycles. The van der Waals surface area contributed by atoms with Gasteiger partial charge in [-0.1, -0.05) is 44.0 Å². The molecule has 4 rings (SSSR count). The minimum Gasteiger partial charge on any atom is -0.353 e. The lowest BCUT2D eigenvalue weighted by molar-refractivity contribution is 0.965. The van der Waals surface area contributed by atoms with Crippen LogP contribution in [0.3, 0.4) is 0 Å². The lowest BCUT2D eigenvalue weighted by atomic mass is 10.0. The molecular formula is C20H20Br2N4. The number of halogens is 2. The van der Waals surface area contributed by atoms with E-state index in [1.165, 1.54) is 21.9 Å². The number of nitrogens with one attached hydrogen (secondary N) is 2. The van der Waals surface area contributed by atoms with E-state index in [0.29, 0.717) is 13.1 Å². The van der Waals surface area contributed by atoms with Gasteiger partial charge in [-0.3, -0.25) is 0 Å². The molecule has 0 amide bonds. The number of H-pyrrole nitrogens is 2. The van der Waals surface area contributed by atoms with Gasteiger partial charge in [0.1, 0.15) is 0 Å². The van der Waals surface area contributed by atoms with Crippen LogP contribution >= 0.6 is 31.9 Å². The highest BCUT2D eigenvalue weighted by Crippen LogP contribution is 2.37. The molecule has 2 aromatic heterocycles. The summed E-state index contributed by atoms with van der Waals surface area (Å²) < 4.78 is 2.11. The van der Waals surface area contributed by atoms with Gasteiger partial charge in [-0.15, -0.1) is 0 Å². The van der Waals surface area contributed by atoms with Crippen LogP contribution in [-0.2, 0) is 12.8 Å². The number of hydrogen-bond acceptors (Lipinski definition) is 2. The number of benzene rings is 2. The lowest BCUT2D eigenvalue weighted by Gasteiger charge is -2.06. The molecule has 0 unspecified atom stereocenters. The highest BCUT2D eigenvalue weighted by molar-refractivity contribution is 9.10. The third-order valence-corrected chi connectivity index (χ3v) is 5.76. The molecule has 0 aliphatic heterocycles. The molecule has 0 atom stereocenters. The van der Waals surface area contributed by atoms with E-state index in [1.54, 1.807) is 0 Å². The predicted octanol–water partition coefficient (Wildman–Crippen LogP) is 4.84. The van der Waals surface area contributed by atoms with Gasteiger partial charge in [-0.25, -0.2) is 0 Å². The van der Waals surface area contributed by atoms with Crippen LogP contribution in [0.2, 0.25) is 0 Å². The third kappa shape index (κ3) is 3.01. The van der Waals surface area contributed by atoms with Crippen molar-refractivity contribution in [2.75, 3.05) is 13.1 Å². The van der Waals surface area contributed by atoms with E-state index in [4.69, 9.17) is 11.5 Å². The summed E-state index contributed by atoms with van der Waals surface area (Å²) in [5.74, 6) is 0. The van der Waals surface area contributed by atoms with E-state index in [-0.39, 0.29) is 0 Å². The lowest BCUT2D eigenvalue weighted by Crippen LogP contribution is -2.05. The van der Waals surface area contributed by atoms with Crippen molar-refractivity contribution in [1.82, 2.24) is 9.97 Å². The predicted molar refractivity (Wildman–Crippen MR) is 117 cm³/mol. The number of aromatic amines is 2. The molecular weight excluding hydrogens is 456 g/mol. The van der Waals surface area contributed by atoms with Crippen molar-refractivity contribution in [3.8, 4) is 11.4 Å². The first-order valence-electron chi connectivity index (χ1n) is 8.63. The first kappa shape index (κ1) is 17.8. The molecule has 26 heavy (non-hydrogen) atoms. The van der Waals surface area contributed by atoms with Crippen LogP contribution in [0.5, 0.6) is 0 Å². The molecule has 6 N–H and O–H groups in total. The Hall–Kier alpha value is -1.60. The second-order valence-corrected chi connectivity index (χ2v) is 8.25. The molecule has 0 bridgehead atoms. The van der Waals surface area contributed by atoms with Gasteiger partial charge in [0.2, 0.25) is 0 Å². The Labute approximate surface area is 168 Å². The van der Waals surface area contributed by atoms with Crippen molar-refractivity contribution in [2.45, 2.75) is 12.8 Å². The van der Waals surface area contributed by atoms with Gasteiger partial charge in [-0.05, 0) is 61.3 Å². The Kier molecular flexibility index (Phi) is 4.92. The minimum atomic E-state index is 0.605. The maximum absolute atomic E-state index is 5.92. The van der Waals surface area contributed by atoms with Crippen molar-refractivity contribution >= 4 is 53.7 Å². The molecule has 0 aliphatic rings. The molecule has 134 valence electrons. The molecule has 6 heteroatoms. The maximum atomic E-state index is 5.92. The Balaban J connectivity index is 2.02. The Morgan fingerprint density at radius 2 is 1.12 bits per heavy atom. The van der Waals surface area contributed by atoms with Crippen molar-refractivity contribution in [3.05, 3.63) is 56.5 Å². The van der Waals surface area contributed by atoms with Gasteiger partial charge in [0, 0.05) is 30.8 Å². The van der Waals surface area contributed by atoms with Gasteiger partial charge in [0.15, 0.2) is 0 Å². The second-order valence-electron chi connectivity index (χ2n) is 6.41. The minimum absolute atomic E-state index is 0.605. The van der Waals surface area contributed by atoms with E-state index in [0.717, 1.165) is 44.2 Å². The standard InChI is InChI=1S/C20H20Br2N4/c21-11-1-3-13-15(5-7-23)19(25-17(13)9-11)20-16(6-8-24)14-4-2-12(22)10-18(14)26-20/h1-4,9-10,25-26H,5-8,23-24H2. The molecule has 0 fully saturated rings. The van der Waals surface area contributed by atoms with Gasteiger partial charge in [0.25, 0.3) is 0 Å². The summed E-state index contributed by atoms with van der Waals surface area (Å²) in [7, 11) is 0. The molecule has 0 saturated carbocycles. The summed E-state index contributed by atoms with van der Waals surface area (Å²) in [6, 6.07) is 12.7. The fraction of sp³-hybridized carbons (Fsp3) is 0.200. The highest BCUT2D eigenvalue weighted by atomic mass is 79.9. The number of hydrogen-bond donors (Lipinski definition) is 4. The van der Waals surface area contributed by atoms with Crippen molar-refractivity contribution in [3.63, 3.8) is 0 Å². The molecule has 4 aromatic rings. The largest absolute Gasteiger partial charge is 0.353 e. The molecule has 0 spiro atoms. The summed E-state index contributed by atoms with van der Waals surface area (Å²) in [5.41, 5.74) is 18.8. The van der Waals surface area contributed by atoms with Gasteiger partial charge in [0.05, 0.1) is 11.4 Å². The topological polar surface area (TPSA) is 83.6 Å². The molecule has 2 aromatic carbocycles. The maximum Gasteiger partial charge on any atom is 0.0666 e. The number of fused-ring (bicyclic) bond motifs is 2. The fourth-order valence-corrected chi connectivity index (χ4v) is 4.41. The number of rotatable bonds is 5. The van der Waals surface area contributed by atoms with E-state index >= 15 is 0 Å². The van der Waals surface area contributed by atoms with Crippen LogP contribution in [0.25, 0.3) is 33.2 Å². The van der Waals surface area contributed by atoms with Crippen LogP contribution < -0.4 is 11.5 Å². The molecule has 0 radical (unpaired) electrons. The van der Waals surface area contributed by atoms with Crippen molar-refractivity contribution in [2.24, 2.45) is 11.5 Å². The van der Waals surface area contributed by atoms with Crippen LogP contribution in [0.4, 0.5) is 0 Å². The normalized spacial score (nSPS) is 11.7. The summed E-state index contributed by atoms with van der Waals surface area (Å²) in [6.07, 6.45) is 1.64. The van der Waals surface area contributed by atoms with E-state index in [1.807, 2.05) is 0 Å². The third-order valence-electron chi connectivity index (χ3n) is 4.78. The SMILES string of the molecule is NCCc1c(-c2[nH]c3cc(Br)ccc3c2CCN)[nH]c2cc(Br)ccc12. The van der Waals surface area contributed by atoms with E-state index in [9.17, 15) is 0 Å². The Morgan fingerprint density at radius 1 is 0.692 bits per heavy atom. The zero-order chi connectivity index (χ0) is 18.3. The first-order chi connectivity index (χ1) is 12.6. The van der Waals surface area contributed by atoms with E-state index in [2.05, 4.69) is 78.2 Å². The molecule has 0 saturated heterocycles. The zero-order valence-electron chi connectivity index (χ0n) is 14.2. The summed E-state index contributed by atoms with van der Waals surface area (Å²) in [6.45, 7) is 1.21. The molecule has 4 nitrogen and oxygen atoms in total. The number of nitrogens with two attached hydrogens (primary N) is 2. The average molecular weight is 476 g/mol.